The molecule has 0 bridgehead atoms. The Kier molecular flexibility index (Phi) is 20.0. The van der Waals surface area contributed by atoms with E-state index < -0.39 is 85.1 Å². The summed E-state index contributed by atoms with van der Waals surface area (Å²) < 4.78 is 11.3. The zero-order valence-corrected chi connectivity index (χ0v) is 35.4. The van der Waals surface area contributed by atoms with Gasteiger partial charge >= 0.3 is 59.1 Å². The first-order chi connectivity index (χ1) is 25.2. The van der Waals surface area contributed by atoms with E-state index in [0.717, 1.165) is 18.1 Å². The number of hydrogen-bond donors (Lipinski definition) is 6. The van der Waals surface area contributed by atoms with Crippen LogP contribution in [0.3, 0.4) is 0 Å². The molecule has 3 amide bonds. The average Bonchev–Trinajstić information content (AvgIpc) is 3.14. The fraction of sp³-hybridized carbons (Fsp3) is 0.378. The Hall–Kier alpha value is -2.90. The number of aliphatic hydroxyl groups is 3. The summed E-state index contributed by atoms with van der Waals surface area (Å²) in [6.07, 6.45) is -7.96. The average molecular weight is 800 g/mol. The Morgan fingerprint density at radius 1 is 0.836 bits per heavy atom. The maximum Gasteiger partial charge on any atom is 1.00 e. The van der Waals surface area contributed by atoms with Crippen LogP contribution in [0.1, 0.15) is 53.3 Å². The molecule has 3 aromatic rings. The van der Waals surface area contributed by atoms with E-state index in [-0.39, 0.29) is 101 Å². The van der Waals surface area contributed by atoms with Crippen LogP contribution in [0.4, 0.5) is 0 Å². The number of hydrogen-bond acceptors (Lipinski definition) is 12. The number of amides is 3. The van der Waals surface area contributed by atoms with Crippen LogP contribution in [0.25, 0.3) is 11.1 Å². The number of carbonyl (C=O) groups excluding carboxylic acids is 5. The first-order valence-corrected chi connectivity index (χ1v) is 17.2. The maximum absolute atomic E-state index is 13.4. The SMILES string of the molecule is CC(=O)N[C@@H]1[C@@H](NC(=O)c2ccccc2Cl)[C@H](O)[C@](OCCCCCC(=O)[O-])(C(=O)[O-])O[C@H]1[C@H](O)[C@H](O)CNC(=O)c1ccc(-c2ccccc2)cc1.[Na+].[Na+]. The summed E-state index contributed by atoms with van der Waals surface area (Å²) in [5.74, 6) is -8.79. The van der Waals surface area contributed by atoms with Gasteiger partial charge in [0.2, 0.25) is 11.7 Å². The Morgan fingerprint density at radius 3 is 2.05 bits per heavy atom. The molecule has 1 saturated heterocycles. The second-order valence-corrected chi connectivity index (χ2v) is 12.8. The van der Waals surface area contributed by atoms with Gasteiger partial charge in [-0.05, 0) is 54.7 Å². The van der Waals surface area contributed by atoms with Gasteiger partial charge in [0, 0.05) is 25.0 Å². The molecule has 1 aliphatic heterocycles. The first kappa shape index (κ1) is 48.2. The summed E-state index contributed by atoms with van der Waals surface area (Å²) in [6.45, 7) is 0.0503. The van der Waals surface area contributed by atoms with Gasteiger partial charge in [-0.15, -0.1) is 0 Å². The van der Waals surface area contributed by atoms with Gasteiger partial charge in [0.25, 0.3) is 11.8 Å². The van der Waals surface area contributed by atoms with Crippen LogP contribution in [-0.4, -0.2) is 100 Å². The Labute approximate surface area is 366 Å². The monoisotopic (exact) mass is 799 g/mol. The van der Waals surface area contributed by atoms with Gasteiger partial charge in [-0.3, -0.25) is 14.4 Å². The summed E-state index contributed by atoms with van der Waals surface area (Å²) >= 11 is 6.20. The molecule has 0 unspecified atom stereocenters. The number of carbonyl (C=O) groups is 5. The summed E-state index contributed by atoms with van der Waals surface area (Å²) in [4.78, 5) is 62.4. The van der Waals surface area contributed by atoms with E-state index in [0.29, 0.717) is 0 Å². The van der Waals surface area contributed by atoms with Crippen molar-refractivity contribution in [1.82, 2.24) is 16.0 Å². The first-order valence-electron chi connectivity index (χ1n) is 16.8. The molecule has 1 aliphatic rings. The standard InChI is InChI=1S/C37H42ClN3O12.2Na/c1-21(42)40-29-30(41-35(49)25-12-7-8-13-26(25)38)33(47)37(36(50)51,52-19-9-3-6-14-28(44)45)53-32(29)31(46)27(43)20-39-34(48)24-17-15-23(16-18-24)22-10-4-2-5-11-22;;/h2,4-5,7-8,10-13,15-18,27,29-33,43,46-47H,3,6,9,14,19-20H2,1H3,(H,39,48)(H,40,42)(H,41,49)(H,44,45)(H,50,51);;/q;2*+1/p-2/t27-,29-,30-,31-,32-,33+,37-;;/m1../s1. The smallest absolute Gasteiger partial charge is 0.550 e. The molecule has 1 fully saturated rings. The number of aliphatic hydroxyl groups excluding tert-OH is 3. The number of carboxylic acid groups (broad SMARTS) is 2. The topological polar surface area (TPSA) is 247 Å². The molecule has 0 aliphatic carbocycles. The third kappa shape index (κ3) is 12.8. The van der Waals surface area contributed by atoms with Crippen molar-refractivity contribution in [2.75, 3.05) is 13.2 Å². The van der Waals surface area contributed by atoms with Crippen molar-refractivity contribution in [1.29, 1.82) is 0 Å². The second kappa shape index (κ2) is 22.7. The van der Waals surface area contributed by atoms with Crippen LogP contribution in [0.5, 0.6) is 0 Å². The molecule has 3 aromatic carbocycles. The van der Waals surface area contributed by atoms with Crippen molar-refractivity contribution in [2.45, 2.75) is 74.9 Å². The van der Waals surface area contributed by atoms with Crippen molar-refractivity contribution in [3.05, 3.63) is 95.0 Å². The van der Waals surface area contributed by atoms with Crippen molar-refractivity contribution < 1.29 is 118 Å². The van der Waals surface area contributed by atoms with E-state index in [1.807, 2.05) is 30.3 Å². The summed E-state index contributed by atoms with van der Waals surface area (Å²) in [5.41, 5.74) is 1.92. The molecule has 4 rings (SSSR count). The molecular weight excluding hydrogens is 760 g/mol. The fourth-order valence-electron chi connectivity index (χ4n) is 5.92. The number of halogens is 1. The van der Waals surface area contributed by atoms with E-state index in [1.165, 1.54) is 18.2 Å². The summed E-state index contributed by atoms with van der Waals surface area (Å²) in [6, 6.07) is 18.4. The predicted molar refractivity (Wildman–Crippen MR) is 185 cm³/mol. The number of carboxylic acids is 2. The number of unbranched alkanes of at least 4 members (excludes halogenated alkanes) is 2. The van der Waals surface area contributed by atoms with Gasteiger partial charge in [-0.1, -0.05) is 72.6 Å². The van der Waals surface area contributed by atoms with E-state index in [4.69, 9.17) is 21.1 Å². The van der Waals surface area contributed by atoms with Crippen LogP contribution in [0, 0.1) is 0 Å². The Bertz CT molecular complexity index is 1760. The molecule has 6 N–H and O–H groups in total. The second-order valence-electron chi connectivity index (χ2n) is 12.4. The van der Waals surface area contributed by atoms with Gasteiger partial charge in [-0.25, -0.2) is 0 Å². The molecule has 0 saturated carbocycles. The zero-order chi connectivity index (χ0) is 38.7. The van der Waals surface area contributed by atoms with Crippen molar-refractivity contribution >= 4 is 41.3 Å². The van der Waals surface area contributed by atoms with Crippen molar-refractivity contribution in [3.63, 3.8) is 0 Å². The number of rotatable bonds is 17. The van der Waals surface area contributed by atoms with Gasteiger partial charge in [0.1, 0.15) is 24.3 Å². The molecule has 18 heteroatoms. The van der Waals surface area contributed by atoms with Crippen LogP contribution in [0.2, 0.25) is 5.02 Å². The largest absolute Gasteiger partial charge is 1.00 e. The molecule has 15 nitrogen and oxygen atoms in total. The minimum absolute atomic E-state index is 0. The van der Waals surface area contributed by atoms with Crippen LogP contribution in [-0.2, 0) is 23.9 Å². The molecule has 284 valence electrons. The minimum Gasteiger partial charge on any atom is -0.550 e. The number of benzene rings is 3. The Balaban J connectivity index is 0.00000523. The van der Waals surface area contributed by atoms with E-state index in [2.05, 4.69) is 16.0 Å². The molecular formula is C37H40ClN3Na2O12. The van der Waals surface area contributed by atoms with Gasteiger partial charge in [0.05, 0.1) is 35.4 Å². The molecule has 0 radical (unpaired) electrons. The summed E-state index contributed by atoms with van der Waals surface area (Å²) in [5, 5.41) is 65.0. The van der Waals surface area contributed by atoms with Crippen LogP contribution < -0.4 is 85.3 Å². The zero-order valence-electron chi connectivity index (χ0n) is 30.6. The third-order valence-electron chi connectivity index (χ3n) is 8.65. The molecule has 0 aromatic heterocycles. The van der Waals surface area contributed by atoms with Crippen molar-refractivity contribution in [3.8, 4) is 11.1 Å². The van der Waals surface area contributed by atoms with E-state index >= 15 is 0 Å². The van der Waals surface area contributed by atoms with Gasteiger partial charge in [0.15, 0.2) is 0 Å². The fourth-order valence-corrected chi connectivity index (χ4v) is 6.14. The molecule has 1 heterocycles. The van der Waals surface area contributed by atoms with E-state index in [9.17, 15) is 49.5 Å². The minimum atomic E-state index is -3.10. The third-order valence-corrected chi connectivity index (χ3v) is 8.98. The predicted octanol–water partition coefficient (Wildman–Crippen LogP) is -6.70. The van der Waals surface area contributed by atoms with Crippen molar-refractivity contribution in [2.24, 2.45) is 0 Å². The quantitative estimate of drug-likeness (QED) is 0.0552. The van der Waals surface area contributed by atoms with Gasteiger partial charge in [-0.2, -0.15) is 0 Å². The molecule has 0 spiro atoms. The maximum atomic E-state index is 13.4. The van der Waals surface area contributed by atoms with Crippen LogP contribution in [0.15, 0.2) is 78.9 Å². The number of ether oxygens (including phenoxy) is 2. The molecule has 7 atom stereocenters. The normalized spacial score (nSPS) is 21.4. The van der Waals surface area contributed by atoms with E-state index in [1.54, 1.807) is 30.3 Å². The molecule has 55 heavy (non-hydrogen) atoms. The summed E-state index contributed by atoms with van der Waals surface area (Å²) in [7, 11) is 0. The van der Waals surface area contributed by atoms with Crippen LogP contribution >= 0.6 is 11.6 Å². The van der Waals surface area contributed by atoms with Gasteiger partial charge < -0.3 is 60.5 Å². The Morgan fingerprint density at radius 2 is 1.45 bits per heavy atom. The number of nitrogens with one attached hydrogen (secondary N) is 3. The number of aliphatic carboxylic acids is 2.